The number of carbonyl (C=O) groups is 2. The number of aliphatic hydroxyl groups excluding tert-OH is 1. The molecule has 0 bridgehead atoms. The maximum absolute atomic E-state index is 13.2. The third kappa shape index (κ3) is 4.47. The summed E-state index contributed by atoms with van der Waals surface area (Å²) in [5, 5.41) is 11.5. The van der Waals surface area contributed by atoms with Crippen LogP contribution < -0.4 is 9.47 Å². The van der Waals surface area contributed by atoms with Gasteiger partial charge in [0.25, 0.3) is 11.7 Å². The molecule has 34 heavy (non-hydrogen) atoms. The Kier molecular flexibility index (Phi) is 6.84. The minimum atomic E-state index is -0.822. The second kappa shape index (κ2) is 9.97. The van der Waals surface area contributed by atoms with Crippen LogP contribution in [-0.2, 0) is 16.1 Å². The summed E-state index contributed by atoms with van der Waals surface area (Å²) < 4.78 is 10.7. The number of methoxy groups -OCH3 is 1. The van der Waals surface area contributed by atoms with Crippen molar-refractivity contribution in [3.63, 3.8) is 0 Å². The minimum Gasteiger partial charge on any atom is -0.507 e. The van der Waals surface area contributed by atoms with E-state index in [-0.39, 0.29) is 28.5 Å². The molecule has 2 heterocycles. The van der Waals surface area contributed by atoms with Crippen LogP contribution in [-0.4, -0.2) is 40.4 Å². The average Bonchev–Trinajstić information content (AvgIpc) is 3.11. The molecule has 174 valence electrons. The number of carbonyl (C=O) groups excluding carboxylic acids is 2. The van der Waals surface area contributed by atoms with Crippen LogP contribution in [0, 0.1) is 0 Å². The highest BCUT2D eigenvalue weighted by atomic mass is 35.5. The molecule has 0 saturated carbocycles. The molecule has 1 atom stereocenters. The minimum absolute atomic E-state index is 0.0414. The van der Waals surface area contributed by atoms with Gasteiger partial charge in [-0.15, -0.1) is 0 Å². The average molecular weight is 479 g/mol. The molecular weight excluding hydrogens is 456 g/mol. The number of nitrogens with zero attached hydrogens (tertiary/aromatic N) is 2. The van der Waals surface area contributed by atoms with Crippen LogP contribution >= 0.6 is 11.6 Å². The second-order valence-corrected chi connectivity index (χ2v) is 8.04. The molecule has 1 aromatic heterocycles. The second-order valence-electron chi connectivity index (χ2n) is 7.63. The Hall–Kier alpha value is -3.84. The molecule has 1 aliphatic heterocycles. The van der Waals surface area contributed by atoms with E-state index in [0.29, 0.717) is 23.7 Å². The van der Waals surface area contributed by atoms with Gasteiger partial charge in [0, 0.05) is 24.5 Å². The standard InChI is InChI=1S/C26H23ClN2O5/c1-3-34-19-8-9-21(27)20(14-19)24(30)22-23(17-10-12-28-13-11-17)29(26(32)25(22)31)15-16-4-6-18(33-2)7-5-16/h4-14,23,30H,3,15H2,1-2H3/b24-22+. The smallest absolute Gasteiger partial charge is 0.295 e. The first-order chi connectivity index (χ1) is 16.4. The van der Waals surface area contributed by atoms with E-state index < -0.39 is 17.7 Å². The highest BCUT2D eigenvalue weighted by Gasteiger charge is 2.46. The van der Waals surface area contributed by atoms with Gasteiger partial charge in [-0.05, 0) is 60.5 Å². The summed E-state index contributed by atoms with van der Waals surface area (Å²) in [6.07, 6.45) is 3.15. The van der Waals surface area contributed by atoms with Crippen LogP contribution in [0.1, 0.15) is 29.7 Å². The summed E-state index contributed by atoms with van der Waals surface area (Å²) in [6.45, 7) is 2.42. The molecular formula is C26H23ClN2O5. The van der Waals surface area contributed by atoms with Gasteiger partial charge in [-0.3, -0.25) is 14.6 Å². The van der Waals surface area contributed by atoms with E-state index in [1.54, 1.807) is 62.0 Å². The van der Waals surface area contributed by atoms with Gasteiger partial charge >= 0.3 is 0 Å². The van der Waals surface area contributed by atoms with Gasteiger partial charge < -0.3 is 19.5 Å². The molecule has 1 aliphatic rings. The summed E-state index contributed by atoms with van der Waals surface area (Å²) in [7, 11) is 1.57. The van der Waals surface area contributed by atoms with Crippen LogP contribution in [0.15, 0.2) is 72.6 Å². The monoisotopic (exact) mass is 478 g/mol. The van der Waals surface area contributed by atoms with Crippen LogP contribution in [0.4, 0.5) is 0 Å². The SMILES string of the molecule is CCOc1ccc(Cl)c(/C(O)=C2\C(=O)C(=O)N(Cc3ccc(OC)cc3)C2c2ccncc2)c1. The molecule has 1 fully saturated rings. The number of pyridine rings is 1. The third-order valence-corrected chi connectivity index (χ3v) is 5.91. The van der Waals surface area contributed by atoms with Gasteiger partial charge in [-0.25, -0.2) is 0 Å². The Morgan fingerprint density at radius 1 is 1.06 bits per heavy atom. The van der Waals surface area contributed by atoms with Gasteiger partial charge in [-0.2, -0.15) is 0 Å². The fourth-order valence-electron chi connectivity index (χ4n) is 3.95. The molecule has 0 spiro atoms. The molecule has 1 amide bonds. The topological polar surface area (TPSA) is 89.0 Å². The zero-order valence-electron chi connectivity index (χ0n) is 18.7. The first-order valence-corrected chi connectivity index (χ1v) is 11.1. The van der Waals surface area contributed by atoms with Crippen LogP contribution in [0.25, 0.3) is 5.76 Å². The number of halogens is 1. The number of Topliss-reactive ketones (excluding diaryl/α,β-unsaturated/α-hetero) is 1. The molecule has 2 aromatic carbocycles. The van der Waals surface area contributed by atoms with Crippen molar-refractivity contribution < 1.29 is 24.2 Å². The number of aromatic nitrogens is 1. The quantitative estimate of drug-likeness (QED) is 0.299. The van der Waals surface area contributed by atoms with Gasteiger partial charge in [-0.1, -0.05) is 23.7 Å². The maximum Gasteiger partial charge on any atom is 0.295 e. The van der Waals surface area contributed by atoms with E-state index in [1.165, 1.54) is 4.90 Å². The van der Waals surface area contributed by atoms with Gasteiger partial charge in [0.15, 0.2) is 0 Å². The lowest BCUT2D eigenvalue weighted by Crippen LogP contribution is -2.29. The summed E-state index contributed by atoms with van der Waals surface area (Å²) in [6, 6.07) is 14.6. The number of likely N-dealkylation sites (tertiary alicyclic amines) is 1. The Labute approximate surface area is 202 Å². The number of hydrogen-bond acceptors (Lipinski definition) is 6. The largest absolute Gasteiger partial charge is 0.507 e. The van der Waals surface area contributed by atoms with Crippen molar-refractivity contribution in [3.05, 3.63) is 94.3 Å². The number of ketones is 1. The lowest BCUT2D eigenvalue weighted by Gasteiger charge is -2.25. The molecule has 0 radical (unpaired) electrons. The normalized spacial score (nSPS) is 17.1. The lowest BCUT2D eigenvalue weighted by molar-refractivity contribution is -0.140. The number of rotatable bonds is 7. The van der Waals surface area contributed by atoms with Gasteiger partial charge in [0.1, 0.15) is 17.3 Å². The predicted octanol–water partition coefficient (Wildman–Crippen LogP) is 4.76. The van der Waals surface area contributed by atoms with Crippen LogP contribution in [0.5, 0.6) is 11.5 Å². The van der Waals surface area contributed by atoms with Gasteiger partial charge in [0.05, 0.1) is 30.4 Å². The number of aliphatic hydroxyl groups is 1. The predicted molar refractivity (Wildman–Crippen MR) is 128 cm³/mol. The Morgan fingerprint density at radius 3 is 2.38 bits per heavy atom. The highest BCUT2D eigenvalue weighted by molar-refractivity contribution is 6.47. The van der Waals surface area contributed by atoms with E-state index in [2.05, 4.69) is 4.98 Å². The van der Waals surface area contributed by atoms with Crippen molar-refractivity contribution in [2.24, 2.45) is 0 Å². The van der Waals surface area contributed by atoms with Crippen molar-refractivity contribution in [1.82, 2.24) is 9.88 Å². The lowest BCUT2D eigenvalue weighted by atomic mass is 9.95. The fraction of sp³-hybridized carbons (Fsp3) is 0.192. The molecule has 7 nitrogen and oxygen atoms in total. The summed E-state index contributed by atoms with van der Waals surface area (Å²) in [5.74, 6) is -0.687. The molecule has 1 unspecified atom stereocenters. The zero-order chi connectivity index (χ0) is 24.2. The first kappa shape index (κ1) is 23.3. The van der Waals surface area contributed by atoms with Crippen molar-refractivity contribution in [2.45, 2.75) is 19.5 Å². The number of ether oxygens (including phenoxy) is 2. The van der Waals surface area contributed by atoms with Crippen molar-refractivity contribution >= 4 is 29.1 Å². The summed E-state index contributed by atoms with van der Waals surface area (Å²) in [4.78, 5) is 31.8. The first-order valence-electron chi connectivity index (χ1n) is 10.7. The van der Waals surface area contributed by atoms with Crippen LogP contribution in [0.3, 0.4) is 0 Å². The Morgan fingerprint density at radius 2 is 1.74 bits per heavy atom. The summed E-state index contributed by atoms with van der Waals surface area (Å²) in [5.41, 5.74) is 1.62. The highest BCUT2D eigenvalue weighted by Crippen LogP contribution is 2.41. The zero-order valence-corrected chi connectivity index (χ0v) is 19.5. The van der Waals surface area contributed by atoms with E-state index in [9.17, 15) is 14.7 Å². The fourth-order valence-corrected chi connectivity index (χ4v) is 4.16. The van der Waals surface area contributed by atoms with E-state index in [4.69, 9.17) is 21.1 Å². The molecule has 4 rings (SSSR count). The summed E-state index contributed by atoms with van der Waals surface area (Å²) >= 11 is 6.36. The molecule has 3 aromatic rings. The van der Waals surface area contributed by atoms with Crippen LogP contribution in [0.2, 0.25) is 5.02 Å². The van der Waals surface area contributed by atoms with Crippen molar-refractivity contribution in [1.29, 1.82) is 0 Å². The van der Waals surface area contributed by atoms with E-state index >= 15 is 0 Å². The van der Waals surface area contributed by atoms with Crippen molar-refractivity contribution in [3.8, 4) is 11.5 Å². The Bertz CT molecular complexity index is 1240. The molecule has 1 N–H and O–H groups in total. The Balaban J connectivity index is 1.83. The van der Waals surface area contributed by atoms with E-state index in [0.717, 1.165) is 5.56 Å². The number of amides is 1. The molecule has 1 saturated heterocycles. The third-order valence-electron chi connectivity index (χ3n) is 5.58. The number of hydrogen-bond donors (Lipinski definition) is 1. The molecule has 0 aliphatic carbocycles. The number of benzene rings is 2. The van der Waals surface area contributed by atoms with Gasteiger partial charge in [0.2, 0.25) is 0 Å². The van der Waals surface area contributed by atoms with Crippen molar-refractivity contribution in [2.75, 3.05) is 13.7 Å². The molecule has 8 heteroatoms. The maximum atomic E-state index is 13.2. The van der Waals surface area contributed by atoms with E-state index in [1.807, 2.05) is 19.1 Å².